The Kier molecular flexibility index (Phi) is 5.66. The second-order valence-electron chi connectivity index (χ2n) is 3.47. The number of nitrogens with zero attached hydrogens (tertiary/aromatic N) is 1. The molecule has 17 heavy (non-hydrogen) atoms. The van der Waals surface area contributed by atoms with Crippen molar-refractivity contribution in [3.63, 3.8) is 0 Å². The van der Waals surface area contributed by atoms with E-state index in [1.807, 2.05) is 25.2 Å². The Morgan fingerprint density at radius 1 is 1.41 bits per heavy atom. The monoisotopic (exact) mass is 229 g/mol. The number of benzene rings is 1. The lowest BCUT2D eigenvalue weighted by Crippen LogP contribution is -1.90. The first-order chi connectivity index (χ1) is 8.27. The summed E-state index contributed by atoms with van der Waals surface area (Å²) in [7, 11) is 0. The van der Waals surface area contributed by atoms with E-state index in [-0.39, 0.29) is 5.82 Å². The Hall–Kier alpha value is -1.96. The van der Waals surface area contributed by atoms with Gasteiger partial charge in [-0.2, -0.15) is 0 Å². The average molecular weight is 229 g/mol. The van der Waals surface area contributed by atoms with Crippen LogP contribution in [-0.2, 0) is 0 Å². The van der Waals surface area contributed by atoms with E-state index in [1.165, 1.54) is 6.07 Å². The van der Waals surface area contributed by atoms with Crippen LogP contribution in [0.1, 0.15) is 12.5 Å². The van der Waals surface area contributed by atoms with Crippen LogP contribution in [0, 0.1) is 5.82 Å². The molecule has 0 aromatic heterocycles. The molecule has 0 N–H and O–H groups in total. The molecule has 1 rings (SSSR count). The van der Waals surface area contributed by atoms with Crippen LogP contribution in [-0.4, -0.2) is 12.8 Å². The molecule has 0 unspecified atom stereocenters. The van der Waals surface area contributed by atoms with E-state index >= 15 is 0 Å². The molecular formula is C15H16FN. The molecule has 0 bridgehead atoms. The topological polar surface area (TPSA) is 12.4 Å². The van der Waals surface area contributed by atoms with Crippen LogP contribution in [0.15, 0.2) is 65.7 Å². The van der Waals surface area contributed by atoms with Gasteiger partial charge in [0, 0.05) is 11.8 Å². The second-order valence-corrected chi connectivity index (χ2v) is 3.47. The smallest absolute Gasteiger partial charge is 0.131 e. The molecule has 0 aliphatic carbocycles. The van der Waals surface area contributed by atoms with Gasteiger partial charge >= 0.3 is 0 Å². The fraction of sp³-hybridized carbons (Fsp3) is 0.133. The molecule has 0 amide bonds. The first-order valence-electron chi connectivity index (χ1n) is 5.46. The number of rotatable bonds is 5. The quantitative estimate of drug-likeness (QED) is 0.536. The third-order valence-electron chi connectivity index (χ3n) is 2.12. The Labute approximate surface area is 102 Å². The third kappa shape index (κ3) is 4.60. The van der Waals surface area contributed by atoms with Gasteiger partial charge in [0.05, 0.1) is 6.54 Å². The fourth-order valence-corrected chi connectivity index (χ4v) is 1.36. The molecule has 0 spiro atoms. The lowest BCUT2D eigenvalue weighted by molar-refractivity contribution is 0.626. The molecule has 1 aromatic rings. The fourth-order valence-electron chi connectivity index (χ4n) is 1.36. The number of allylic oxidation sites excluding steroid dienone is 3. The van der Waals surface area contributed by atoms with Crippen LogP contribution < -0.4 is 0 Å². The van der Waals surface area contributed by atoms with E-state index in [2.05, 4.69) is 11.6 Å². The molecule has 0 aliphatic rings. The molecule has 0 radical (unpaired) electrons. The lowest BCUT2D eigenvalue weighted by atomic mass is 10.2. The summed E-state index contributed by atoms with van der Waals surface area (Å²) in [4.78, 5) is 4.21. The van der Waals surface area contributed by atoms with E-state index in [9.17, 15) is 4.39 Å². The van der Waals surface area contributed by atoms with Gasteiger partial charge in [0.25, 0.3) is 0 Å². The Bertz CT molecular complexity index is 456. The Morgan fingerprint density at radius 2 is 2.18 bits per heavy atom. The van der Waals surface area contributed by atoms with Crippen LogP contribution in [0.3, 0.4) is 0 Å². The van der Waals surface area contributed by atoms with Crippen molar-refractivity contribution < 1.29 is 4.39 Å². The Balaban J connectivity index is 2.70. The molecule has 0 atom stereocenters. The summed E-state index contributed by atoms with van der Waals surface area (Å²) in [5.74, 6) is -0.253. The minimum Gasteiger partial charge on any atom is -0.288 e. The highest BCUT2D eigenvalue weighted by atomic mass is 19.1. The van der Waals surface area contributed by atoms with Crippen molar-refractivity contribution in [1.29, 1.82) is 0 Å². The van der Waals surface area contributed by atoms with Crippen LogP contribution in [0.4, 0.5) is 4.39 Å². The molecule has 2 heteroatoms. The van der Waals surface area contributed by atoms with Gasteiger partial charge < -0.3 is 0 Å². The van der Waals surface area contributed by atoms with Crippen molar-refractivity contribution in [3.05, 3.63) is 72.1 Å². The summed E-state index contributed by atoms with van der Waals surface area (Å²) in [5, 5.41) is 0. The normalized spacial score (nSPS) is 12.5. The average Bonchev–Trinajstić information content (AvgIpc) is 2.32. The van der Waals surface area contributed by atoms with Gasteiger partial charge in [-0.3, -0.25) is 4.99 Å². The molecule has 0 saturated carbocycles. The number of hydrogen-bond donors (Lipinski definition) is 0. The van der Waals surface area contributed by atoms with E-state index in [0.717, 1.165) is 5.57 Å². The van der Waals surface area contributed by atoms with Gasteiger partial charge in [-0.1, -0.05) is 49.1 Å². The molecule has 0 heterocycles. The van der Waals surface area contributed by atoms with Gasteiger partial charge in [0.2, 0.25) is 0 Å². The maximum Gasteiger partial charge on any atom is 0.131 e. The van der Waals surface area contributed by atoms with Crippen molar-refractivity contribution in [1.82, 2.24) is 0 Å². The number of halogens is 1. The molecule has 0 saturated heterocycles. The van der Waals surface area contributed by atoms with Crippen molar-refractivity contribution >= 4 is 6.21 Å². The number of hydrogen-bond acceptors (Lipinski definition) is 1. The molecule has 0 fully saturated rings. The van der Waals surface area contributed by atoms with Crippen molar-refractivity contribution in [2.45, 2.75) is 6.92 Å². The maximum absolute atomic E-state index is 13.3. The summed E-state index contributed by atoms with van der Waals surface area (Å²) in [6.07, 6.45) is 9.05. The number of aliphatic imine (C=N–C) groups is 1. The first kappa shape index (κ1) is 13.1. The highest BCUT2D eigenvalue weighted by Gasteiger charge is 1.95. The molecular weight excluding hydrogens is 213 g/mol. The molecule has 88 valence electrons. The third-order valence-corrected chi connectivity index (χ3v) is 2.12. The van der Waals surface area contributed by atoms with Crippen LogP contribution in [0.5, 0.6) is 0 Å². The molecule has 0 aliphatic heterocycles. The van der Waals surface area contributed by atoms with Gasteiger partial charge in [-0.15, -0.1) is 0 Å². The van der Waals surface area contributed by atoms with Crippen molar-refractivity contribution in [2.75, 3.05) is 6.54 Å². The summed E-state index contributed by atoms with van der Waals surface area (Å²) < 4.78 is 13.3. The van der Waals surface area contributed by atoms with E-state index in [1.54, 1.807) is 30.5 Å². The molecule has 1 aromatic carbocycles. The minimum atomic E-state index is -0.253. The van der Waals surface area contributed by atoms with E-state index in [4.69, 9.17) is 0 Å². The summed E-state index contributed by atoms with van der Waals surface area (Å²) in [6.45, 7) is 6.10. The SMILES string of the molecule is C=C/C=C(\C=C/C)CN=Cc1ccccc1F. The maximum atomic E-state index is 13.3. The van der Waals surface area contributed by atoms with Crippen molar-refractivity contribution in [3.8, 4) is 0 Å². The van der Waals surface area contributed by atoms with Gasteiger partial charge in [-0.05, 0) is 18.6 Å². The minimum absolute atomic E-state index is 0.253. The van der Waals surface area contributed by atoms with E-state index < -0.39 is 0 Å². The molecule has 1 nitrogen and oxygen atoms in total. The highest BCUT2D eigenvalue weighted by molar-refractivity contribution is 5.79. The zero-order valence-electron chi connectivity index (χ0n) is 9.94. The summed E-state index contributed by atoms with van der Waals surface area (Å²) in [5.41, 5.74) is 1.54. The van der Waals surface area contributed by atoms with E-state index in [0.29, 0.717) is 12.1 Å². The zero-order valence-corrected chi connectivity index (χ0v) is 9.94. The second kappa shape index (κ2) is 7.34. The summed E-state index contributed by atoms with van der Waals surface area (Å²) in [6, 6.07) is 6.57. The first-order valence-corrected chi connectivity index (χ1v) is 5.46. The summed E-state index contributed by atoms with van der Waals surface area (Å²) >= 11 is 0. The van der Waals surface area contributed by atoms with Crippen LogP contribution in [0.25, 0.3) is 0 Å². The highest BCUT2D eigenvalue weighted by Crippen LogP contribution is 2.04. The van der Waals surface area contributed by atoms with Gasteiger partial charge in [0.1, 0.15) is 5.82 Å². The van der Waals surface area contributed by atoms with Crippen LogP contribution >= 0.6 is 0 Å². The Morgan fingerprint density at radius 3 is 2.82 bits per heavy atom. The predicted octanol–water partition coefficient (Wildman–Crippen LogP) is 3.93. The zero-order chi connectivity index (χ0) is 12.5. The van der Waals surface area contributed by atoms with Gasteiger partial charge in [0.15, 0.2) is 0 Å². The largest absolute Gasteiger partial charge is 0.288 e. The standard InChI is InChI=1S/C15H16FN/c1-3-7-13(8-4-2)11-17-12-14-9-5-6-10-15(14)16/h3-10,12H,1,11H2,2H3/b8-4-,13-7+,17-12?. The predicted molar refractivity (Wildman–Crippen MR) is 72.0 cm³/mol. The van der Waals surface area contributed by atoms with Crippen molar-refractivity contribution in [2.24, 2.45) is 4.99 Å². The van der Waals surface area contributed by atoms with Crippen LogP contribution in [0.2, 0.25) is 0 Å². The van der Waals surface area contributed by atoms with Gasteiger partial charge in [-0.25, -0.2) is 4.39 Å². The lowest BCUT2D eigenvalue weighted by Gasteiger charge is -1.97.